The lowest BCUT2D eigenvalue weighted by molar-refractivity contribution is 1.15. The molecule has 0 saturated heterocycles. The molecule has 0 radical (unpaired) electrons. The summed E-state index contributed by atoms with van der Waals surface area (Å²) in [6.45, 7) is 0. The summed E-state index contributed by atoms with van der Waals surface area (Å²) in [6.07, 6.45) is 2.18. The van der Waals surface area contributed by atoms with E-state index in [2.05, 4.69) is 121 Å². The van der Waals surface area contributed by atoms with E-state index in [1.165, 1.54) is 21.2 Å². The van der Waals surface area contributed by atoms with Crippen molar-refractivity contribution >= 4 is 49.7 Å². The van der Waals surface area contributed by atoms with Gasteiger partial charge in [-0.05, 0) is 49.4 Å². The van der Waals surface area contributed by atoms with Crippen molar-refractivity contribution in [3.05, 3.63) is 121 Å². The maximum absolute atomic E-state index is 5.14. The summed E-state index contributed by atoms with van der Waals surface area (Å²) in [6, 6.07) is 43.8. The SMILES string of the molecule is SC(CP(c1ccccc1)c1ccccc1)CP(c1ccccc1)c1ccccc1. The van der Waals surface area contributed by atoms with Gasteiger partial charge in [0.15, 0.2) is 0 Å². The second-order valence-corrected chi connectivity index (χ2v) is 12.5. The first-order valence-corrected chi connectivity index (χ1v) is 13.8. The van der Waals surface area contributed by atoms with Crippen LogP contribution in [0, 0.1) is 0 Å². The van der Waals surface area contributed by atoms with E-state index in [0.29, 0.717) is 5.25 Å². The highest BCUT2D eigenvalue weighted by molar-refractivity contribution is 7.84. The molecule has 3 heteroatoms. The van der Waals surface area contributed by atoms with Crippen molar-refractivity contribution in [1.82, 2.24) is 0 Å². The van der Waals surface area contributed by atoms with E-state index in [4.69, 9.17) is 12.6 Å². The predicted octanol–water partition coefficient (Wildman–Crippen LogP) is 5.55. The van der Waals surface area contributed by atoms with E-state index in [1.54, 1.807) is 0 Å². The summed E-state index contributed by atoms with van der Waals surface area (Å²) in [5.41, 5.74) is 0. The molecule has 30 heavy (non-hydrogen) atoms. The summed E-state index contributed by atoms with van der Waals surface area (Å²) in [5.74, 6) is 0. The summed E-state index contributed by atoms with van der Waals surface area (Å²) in [5, 5.41) is 6.06. The molecule has 4 aromatic carbocycles. The smallest absolute Gasteiger partial charge is 0.0107 e. The highest BCUT2D eigenvalue weighted by Crippen LogP contribution is 2.41. The molecule has 0 saturated carbocycles. The molecular weight excluding hydrogens is 418 g/mol. The Morgan fingerprint density at radius 2 is 0.667 bits per heavy atom. The van der Waals surface area contributed by atoms with Gasteiger partial charge in [-0.15, -0.1) is 0 Å². The molecule has 0 aliphatic carbocycles. The van der Waals surface area contributed by atoms with E-state index in [9.17, 15) is 0 Å². The summed E-state index contributed by atoms with van der Waals surface area (Å²) >= 11 is 5.14. The highest BCUT2D eigenvalue weighted by Gasteiger charge is 2.22. The average molecular weight is 445 g/mol. The van der Waals surface area contributed by atoms with Gasteiger partial charge in [0.1, 0.15) is 0 Å². The molecule has 4 rings (SSSR count). The van der Waals surface area contributed by atoms with Crippen molar-refractivity contribution < 1.29 is 0 Å². The predicted molar refractivity (Wildman–Crippen MR) is 141 cm³/mol. The quantitative estimate of drug-likeness (QED) is 0.267. The van der Waals surface area contributed by atoms with Crippen molar-refractivity contribution in [3.8, 4) is 0 Å². The Morgan fingerprint density at radius 3 is 0.900 bits per heavy atom. The van der Waals surface area contributed by atoms with E-state index in [0.717, 1.165) is 12.3 Å². The van der Waals surface area contributed by atoms with Gasteiger partial charge < -0.3 is 0 Å². The molecule has 0 aliphatic rings. The summed E-state index contributed by atoms with van der Waals surface area (Å²) in [7, 11) is -0.849. The fourth-order valence-corrected chi connectivity index (χ4v) is 9.48. The second kappa shape index (κ2) is 10.9. The molecule has 0 N–H and O–H groups in total. The third-order valence-electron chi connectivity index (χ3n) is 5.06. The van der Waals surface area contributed by atoms with E-state index < -0.39 is 15.8 Å². The van der Waals surface area contributed by atoms with Gasteiger partial charge in [0.2, 0.25) is 0 Å². The summed E-state index contributed by atoms with van der Waals surface area (Å²) < 4.78 is 0. The van der Waals surface area contributed by atoms with Crippen LogP contribution in [0.4, 0.5) is 0 Å². The Morgan fingerprint density at radius 1 is 0.433 bits per heavy atom. The molecular formula is C27H26P2S. The van der Waals surface area contributed by atoms with Gasteiger partial charge in [-0.2, -0.15) is 12.6 Å². The van der Waals surface area contributed by atoms with Gasteiger partial charge in [-0.1, -0.05) is 121 Å². The second-order valence-electron chi connectivity index (χ2n) is 7.22. The Labute approximate surface area is 188 Å². The van der Waals surface area contributed by atoms with Gasteiger partial charge >= 0.3 is 0 Å². The van der Waals surface area contributed by atoms with E-state index in [-0.39, 0.29) is 0 Å². The first kappa shape index (κ1) is 21.3. The molecule has 0 heterocycles. The standard InChI is InChI=1S/C27H26P2S/c30-27(21-28(23-13-5-1-6-14-23)24-15-7-2-8-16-24)22-29(25-17-9-3-10-18-25)26-19-11-4-12-20-26/h1-20,27,30H,21-22H2. The van der Waals surface area contributed by atoms with Crippen molar-refractivity contribution in [2.24, 2.45) is 0 Å². The van der Waals surface area contributed by atoms with Gasteiger partial charge in [0, 0.05) is 5.25 Å². The molecule has 0 spiro atoms. The average Bonchev–Trinajstić information content (AvgIpc) is 2.83. The Kier molecular flexibility index (Phi) is 7.76. The minimum Gasteiger partial charge on any atom is -0.175 e. The molecule has 0 aliphatic heterocycles. The first-order valence-electron chi connectivity index (χ1n) is 10.2. The lowest BCUT2D eigenvalue weighted by Gasteiger charge is -2.26. The Hall–Kier alpha value is -1.91. The molecule has 0 fully saturated rings. The van der Waals surface area contributed by atoms with Crippen molar-refractivity contribution in [1.29, 1.82) is 0 Å². The van der Waals surface area contributed by atoms with Crippen LogP contribution in [0.3, 0.4) is 0 Å². The number of thiol groups is 1. The number of hydrogen-bond acceptors (Lipinski definition) is 1. The molecule has 0 aromatic heterocycles. The zero-order valence-corrected chi connectivity index (χ0v) is 19.6. The lowest BCUT2D eigenvalue weighted by Crippen LogP contribution is -2.24. The molecule has 150 valence electrons. The van der Waals surface area contributed by atoms with Gasteiger partial charge in [-0.25, -0.2) is 0 Å². The molecule has 0 amide bonds. The Balaban J connectivity index is 1.59. The third kappa shape index (κ3) is 5.61. The molecule has 4 aromatic rings. The molecule has 0 atom stereocenters. The zero-order chi connectivity index (χ0) is 20.6. The maximum Gasteiger partial charge on any atom is 0.0107 e. The largest absolute Gasteiger partial charge is 0.175 e. The van der Waals surface area contributed by atoms with Crippen LogP contribution in [0.2, 0.25) is 0 Å². The van der Waals surface area contributed by atoms with Crippen LogP contribution in [0.5, 0.6) is 0 Å². The molecule has 0 bridgehead atoms. The number of benzene rings is 4. The van der Waals surface area contributed by atoms with Crippen molar-refractivity contribution in [2.45, 2.75) is 5.25 Å². The van der Waals surface area contributed by atoms with Crippen LogP contribution < -0.4 is 21.2 Å². The van der Waals surface area contributed by atoms with Gasteiger partial charge in [0.05, 0.1) is 0 Å². The van der Waals surface area contributed by atoms with Crippen LogP contribution in [0.1, 0.15) is 0 Å². The van der Waals surface area contributed by atoms with Crippen molar-refractivity contribution in [3.63, 3.8) is 0 Å². The minimum absolute atomic E-state index is 0.336. The normalized spacial score (nSPS) is 11.3. The minimum atomic E-state index is -0.425. The van der Waals surface area contributed by atoms with E-state index in [1.807, 2.05) is 0 Å². The van der Waals surface area contributed by atoms with Crippen LogP contribution in [0.25, 0.3) is 0 Å². The fourth-order valence-electron chi connectivity index (χ4n) is 3.63. The number of hydrogen-bond donors (Lipinski definition) is 1. The topological polar surface area (TPSA) is 0 Å². The van der Waals surface area contributed by atoms with Crippen LogP contribution >= 0.6 is 28.5 Å². The lowest BCUT2D eigenvalue weighted by atomic mass is 10.4. The van der Waals surface area contributed by atoms with Crippen LogP contribution in [-0.2, 0) is 0 Å². The van der Waals surface area contributed by atoms with Crippen molar-refractivity contribution in [2.75, 3.05) is 12.3 Å². The highest BCUT2D eigenvalue weighted by atomic mass is 32.1. The molecule has 0 unspecified atom stereocenters. The zero-order valence-electron chi connectivity index (χ0n) is 16.9. The van der Waals surface area contributed by atoms with Crippen LogP contribution in [0.15, 0.2) is 121 Å². The summed E-state index contributed by atoms with van der Waals surface area (Å²) in [4.78, 5) is 0. The third-order valence-corrected chi connectivity index (χ3v) is 11.3. The van der Waals surface area contributed by atoms with Crippen LogP contribution in [-0.4, -0.2) is 17.6 Å². The number of rotatable bonds is 8. The van der Waals surface area contributed by atoms with Gasteiger partial charge in [0.25, 0.3) is 0 Å². The first-order chi connectivity index (χ1) is 14.8. The monoisotopic (exact) mass is 444 g/mol. The molecule has 0 nitrogen and oxygen atoms in total. The van der Waals surface area contributed by atoms with Gasteiger partial charge in [-0.3, -0.25) is 0 Å². The maximum atomic E-state index is 5.14. The fraction of sp³-hybridized carbons (Fsp3) is 0.111. The van der Waals surface area contributed by atoms with E-state index >= 15 is 0 Å². The Bertz CT molecular complexity index is 844.